The summed E-state index contributed by atoms with van der Waals surface area (Å²) in [7, 11) is 0. The van der Waals surface area contributed by atoms with E-state index in [2.05, 4.69) is 36.6 Å². The predicted octanol–water partition coefficient (Wildman–Crippen LogP) is 5.93. The summed E-state index contributed by atoms with van der Waals surface area (Å²) in [6.45, 7) is 7.08. The molecular weight excluding hydrogens is 418 g/mol. The number of para-hydroxylation sites is 2. The van der Waals surface area contributed by atoms with Crippen LogP contribution in [-0.4, -0.2) is 33.2 Å². The monoisotopic (exact) mass is 447 g/mol. The highest BCUT2D eigenvalue weighted by Crippen LogP contribution is 2.36. The first-order valence-electron chi connectivity index (χ1n) is 11.0. The fourth-order valence-corrected chi connectivity index (χ4v) is 4.71. The molecule has 0 aliphatic heterocycles. The number of anilines is 3. The van der Waals surface area contributed by atoms with E-state index in [0.29, 0.717) is 5.95 Å². The Morgan fingerprint density at radius 3 is 2.53 bits per heavy atom. The zero-order valence-electron chi connectivity index (χ0n) is 18.7. The van der Waals surface area contributed by atoms with Gasteiger partial charge >= 0.3 is 0 Å². The molecule has 6 nitrogen and oxygen atoms in total. The van der Waals surface area contributed by atoms with Crippen LogP contribution in [-0.2, 0) is 0 Å². The van der Waals surface area contributed by atoms with Crippen molar-refractivity contribution in [1.82, 2.24) is 15.0 Å². The Balaban J connectivity index is 1.71. The molecule has 3 N–H and O–H groups in total. The summed E-state index contributed by atoms with van der Waals surface area (Å²) in [5.74, 6) is 1.60. The predicted molar refractivity (Wildman–Crippen MR) is 134 cm³/mol. The van der Waals surface area contributed by atoms with Crippen molar-refractivity contribution in [2.45, 2.75) is 33.6 Å². The molecular formula is C25H29N5OS. The Morgan fingerprint density at radius 2 is 1.78 bits per heavy atom. The van der Waals surface area contributed by atoms with E-state index < -0.39 is 0 Å². The molecule has 166 valence electrons. The molecule has 0 bridgehead atoms. The number of nitrogens with zero attached hydrogens (tertiary/aromatic N) is 3. The van der Waals surface area contributed by atoms with E-state index >= 15 is 0 Å². The van der Waals surface area contributed by atoms with Gasteiger partial charge in [0.05, 0.1) is 21.5 Å². The standard InChI is InChI=1S/C25H29N5OS/c1-4-18(15-31)13-14-26-23-22(24-28-20-11-7-8-12-21(20)32-24)17(3)27-25(30-23)29-19-10-6-5-9-16(19)2/h5-12,18,31H,4,13-15H2,1-3H3,(H2,26,27,29,30). The van der Waals surface area contributed by atoms with Gasteiger partial charge in [-0.05, 0) is 49.9 Å². The second-order valence-corrected chi connectivity index (χ2v) is 8.99. The molecule has 2 aromatic carbocycles. The van der Waals surface area contributed by atoms with Crippen LogP contribution in [0.1, 0.15) is 31.0 Å². The minimum atomic E-state index is 0.200. The Bertz CT molecular complexity index is 1170. The summed E-state index contributed by atoms with van der Waals surface area (Å²) in [4.78, 5) is 14.4. The van der Waals surface area contributed by atoms with Crippen LogP contribution in [0.2, 0.25) is 0 Å². The number of rotatable bonds is 9. The van der Waals surface area contributed by atoms with Gasteiger partial charge in [0.15, 0.2) is 0 Å². The maximum absolute atomic E-state index is 9.54. The van der Waals surface area contributed by atoms with Crippen LogP contribution in [0.5, 0.6) is 0 Å². The SMILES string of the molecule is CCC(CO)CCNc1nc(Nc2ccccc2C)nc(C)c1-c1nc2ccccc2s1. The number of aliphatic hydroxyl groups excluding tert-OH is 1. The molecule has 7 heteroatoms. The van der Waals surface area contributed by atoms with Gasteiger partial charge < -0.3 is 15.7 Å². The maximum atomic E-state index is 9.54. The number of aromatic nitrogens is 3. The molecule has 0 spiro atoms. The molecule has 0 saturated carbocycles. The molecule has 0 fully saturated rings. The van der Waals surface area contributed by atoms with Crippen LogP contribution in [0.4, 0.5) is 17.5 Å². The Hall–Kier alpha value is -3.03. The van der Waals surface area contributed by atoms with Gasteiger partial charge in [-0.25, -0.2) is 9.97 Å². The Morgan fingerprint density at radius 1 is 1.00 bits per heavy atom. The van der Waals surface area contributed by atoms with Gasteiger partial charge in [-0.2, -0.15) is 4.98 Å². The lowest BCUT2D eigenvalue weighted by Gasteiger charge is -2.16. The average molecular weight is 448 g/mol. The van der Waals surface area contributed by atoms with Crippen molar-refractivity contribution in [3.8, 4) is 10.6 Å². The number of nitrogens with one attached hydrogen (secondary N) is 2. The van der Waals surface area contributed by atoms with Gasteiger partial charge in [-0.15, -0.1) is 11.3 Å². The first-order valence-corrected chi connectivity index (χ1v) is 11.8. The van der Waals surface area contributed by atoms with Crippen molar-refractivity contribution < 1.29 is 5.11 Å². The smallest absolute Gasteiger partial charge is 0.229 e. The fraction of sp³-hybridized carbons (Fsp3) is 0.320. The minimum absolute atomic E-state index is 0.200. The number of hydrogen-bond donors (Lipinski definition) is 3. The summed E-state index contributed by atoms with van der Waals surface area (Å²) in [5, 5.41) is 17.3. The lowest BCUT2D eigenvalue weighted by Crippen LogP contribution is -2.14. The molecule has 0 aliphatic rings. The summed E-state index contributed by atoms with van der Waals surface area (Å²) in [6.07, 6.45) is 1.82. The average Bonchev–Trinajstić information content (AvgIpc) is 3.21. The van der Waals surface area contributed by atoms with Crippen molar-refractivity contribution in [3.05, 3.63) is 59.8 Å². The zero-order chi connectivity index (χ0) is 22.5. The van der Waals surface area contributed by atoms with Crippen molar-refractivity contribution in [3.63, 3.8) is 0 Å². The van der Waals surface area contributed by atoms with Crippen LogP contribution in [0, 0.1) is 19.8 Å². The fourth-order valence-electron chi connectivity index (χ4n) is 3.64. The van der Waals surface area contributed by atoms with E-state index in [-0.39, 0.29) is 12.5 Å². The van der Waals surface area contributed by atoms with E-state index in [1.165, 1.54) is 0 Å². The first-order chi connectivity index (χ1) is 15.6. The second kappa shape index (κ2) is 10.1. The molecule has 32 heavy (non-hydrogen) atoms. The van der Waals surface area contributed by atoms with Gasteiger partial charge in [0, 0.05) is 18.8 Å². The highest BCUT2D eigenvalue weighted by Gasteiger charge is 2.18. The van der Waals surface area contributed by atoms with Gasteiger partial charge in [-0.1, -0.05) is 43.7 Å². The van der Waals surface area contributed by atoms with E-state index in [9.17, 15) is 5.11 Å². The van der Waals surface area contributed by atoms with Crippen LogP contribution >= 0.6 is 11.3 Å². The first kappa shape index (κ1) is 22.2. The summed E-state index contributed by atoms with van der Waals surface area (Å²) in [6, 6.07) is 16.2. The molecule has 0 amide bonds. The van der Waals surface area contributed by atoms with Crippen molar-refractivity contribution in [1.29, 1.82) is 0 Å². The van der Waals surface area contributed by atoms with Crippen LogP contribution in [0.3, 0.4) is 0 Å². The summed E-state index contributed by atoms with van der Waals surface area (Å²) >= 11 is 1.65. The topological polar surface area (TPSA) is 83.0 Å². The second-order valence-electron chi connectivity index (χ2n) is 7.96. The molecule has 0 aliphatic carbocycles. The molecule has 2 heterocycles. The van der Waals surface area contributed by atoms with Crippen molar-refractivity contribution >= 4 is 39.0 Å². The molecule has 0 saturated heterocycles. The van der Waals surface area contributed by atoms with E-state index in [4.69, 9.17) is 15.0 Å². The normalized spacial score (nSPS) is 12.1. The number of hydrogen-bond acceptors (Lipinski definition) is 7. The number of aryl methyl sites for hydroxylation is 2. The lowest BCUT2D eigenvalue weighted by atomic mass is 10.0. The van der Waals surface area contributed by atoms with Gasteiger partial charge in [-0.3, -0.25) is 0 Å². The lowest BCUT2D eigenvalue weighted by molar-refractivity contribution is 0.217. The number of benzene rings is 2. The summed E-state index contributed by atoms with van der Waals surface area (Å²) in [5.41, 5.74) is 4.89. The molecule has 4 aromatic rings. The largest absolute Gasteiger partial charge is 0.396 e. The van der Waals surface area contributed by atoms with Gasteiger partial charge in [0.1, 0.15) is 10.8 Å². The van der Waals surface area contributed by atoms with Crippen LogP contribution in [0.25, 0.3) is 20.8 Å². The zero-order valence-corrected chi connectivity index (χ0v) is 19.5. The van der Waals surface area contributed by atoms with Crippen LogP contribution < -0.4 is 10.6 Å². The quantitative estimate of drug-likeness (QED) is 0.295. The molecule has 1 unspecified atom stereocenters. The third-order valence-electron chi connectivity index (χ3n) is 5.67. The number of aliphatic hydroxyl groups is 1. The Labute approximate surface area is 192 Å². The highest BCUT2D eigenvalue weighted by atomic mass is 32.1. The highest BCUT2D eigenvalue weighted by molar-refractivity contribution is 7.21. The van der Waals surface area contributed by atoms with Crippen molar-refractivity contribution in [2.75, 3.05) is 23.8 Å². The minimum Gasteiger partial charge on any atom is -0.396 e. The van der Waals surface area contributed by atoms with E-state index in [1.54, 1.807) is 11.3 Å². The van der Waals surface area contributed by atoms with Crippen LogP contribution in [0.15, 0.2) is 48.5 Å². The summed E-state index contributed by atoms with van der Waals surface area (Å²) < 4.78 is 1.14. The number of thiazole rings is 1. The third-order valence-corrected chi connectivity index (χ3v) is 6.72. The Kier molecular flexibility index (Phi) is 6.97. The molecule has 2 aromatic heterocycles. The van der Waals surface area contributed by atoms with Crippen molar-refractivity contribution in [2.24, 2.45) is 5.92 Å². The molecule has 1 atom stereocenters. The number of fused-ring (bicyclic) bond motifs is 1. The van der Waals surface area contributed by atoms with E-state index in [0.717, 1.165) is 62.9 Å². The van der Waals surface area contributed by atoms with Gasteiger partial charge in [0.25, 0.3) is 0 Å². The molecule has 0 radical (unpaired) electrons. The molecule has 4 rings (SSSR count). The maximum Gasteiger partial charge on any atom is 0.229 e. The van der Waals surface area contributed by atoms with Gasteiger partial charge in [0.2, 0.25) is 5.95 Å². The van der Waals surface area contributed by atoms with E-state index in [1.807, 2.05) is 43.3 Å². The third kappa shape index (κ3) is 4.89.